The zero-order valence-corrected chi connectivity index (χ0v) is 13.6. The lowest BCUT2D eigenvalue weighted by Gasteiger charge is -2.27. The SMILES string of the molecule is CCN(CC(=O)Nc1nnc(C(C)C)s1)CC(C)(C)O. The summed E-state index contributed by atoms with van der Waals surface area (Å²) >= 11 is 1.40. The van der Waals surface area contributed by atoms with Gasteiger partial charge in [-0.2, -0.15) is 0 Å². The lowest BCUT2D eigenvalue weighted by Crippen LogP contribution is -2.42. The Labute approximate surface area is 124 Å². The molecule has 1 heterocycles. The Morgan fingerprint density at radius 1 is 1.45 bits per heavy atom. The third-order valence-electron chi connectivity index (χ3n) is 2.61. The number of aromatic nitrogens is 2. The summed E-state index contributed by atoms with van der Waals surface area (Å²) in [7, 11) is 0. The number of hydrogen-bond donors (Lipinski definition) is 2. The summed E-state index contributed by atoms with van der Waals surface area (Å²) in [5, 5.41) is 22.0. The number of rotatable bonds is 7. The predicted octanol–water partition coefficient (Wildman–Crippen LogP) is 1.69. The maximum Gasteiger partial charge on any atom is 0.240 e. The molecule has 0 aliphatic heterocycles. The molecule has 7 heteroatoms. The number of anilines is 1. The number of nitrogens with zero attached hydrogens (tertiary/aromatic N) is 3. The first-order valence-corrected chi connectivity index (χ1v) is 7.61. The summed E-state index contributed by atoms with van der Waals surface area (Å²) in [4.78, 5) is 13.8. The first-order valence-electron chi connectivity index (χ1n) is 6.79. The van der Waals surface area contributed by atoms with E-state index < -0.39 is 5.60 Å². The molecule has 1 aromatic heterocycles. The maximum absolute atomic E-state index is 12.0. The minimum absolute atomic E-state index is 0.137. The molecule has 1 aromatic rings. The lowest BCUT2D eigenvalue weighted by atomic mass is 10.1. The summed E-state index contributed by atoms with van der Waals surface area (Å²) in [5.41, 5.74) is -0.816. The van der Waals surface area contributed by atoms with E-state index in [9.17, 15) is 9.90 Å². The molecule has 20 heavy (non-hydrogen) atoms. The number of amides is 1. The topological polar surface area (TPSA) is 78.4 Å². The van der Waals surface area contributed by atoms with Crippen LogP contribution in [0.15, 0.2) is 0 Å². The Morgan fingerprint density at radius 3 is 2.55 bits per heavy atom. The van der Waals surface area contributed by atoms with E-state index in [1.165, 1.54) is 11.3 Å². The molecule has 1 rings (SSSR count). The van der Waals surface area contributed by atoms with E-state index in [1.54, 1.807) is 13.8 Å². The second kappa shape index (κ2) is 7.10. The number of hydrogen-bond acceptors (Lipinski definition) is 6. The molecule has 0 aliphatic rings. The van der Waals surface area contributed by atoms with Crippen LogP contribution in [0.25, 0.3) is 0 Å². The number of nitrogens with one attached hydrogen (secondary N) is 1. The Morgan fingerprint density at radius 2 is 2.10 bits per heavy atom. The molecule has 1 amide bonds. The van der Waals surface area contributed by atoms with Gasteiger partial charge in [0.05, 0.1) is 12.1 Å². The fourth-order valence-corrected chi connectivity index (χ4v) is 2.47. The van der Waals surface area contributed by atoms with Crippen molar-refractivity contribution in [2.45, 2.75) is 46.1 Å². The minimum atomic E-state index is -0.816. The van der Waals surface area contributed by atoms with E-state index in [-0.39, 0.29) is 12.5 Å². The molecule has 6 nitrogen and oxygen atoms in total. The molecule has 0 fully saturated rings. The molecule has 0 aromatic carbocycles. The zero-order chi connectivity index (χ0) is 15.3. The van der Waals surface area contributed by atoms with Crippen LogP contribution in [0, 0.1) is 0 Å². The lowest BCUT2D eigenvalue weighted by molar-refractivity contribution is -0.117. The van der Waals surface area contributed by atoms with Gasteiger partial charge in [0.1, 0.15) is 5.01 Å². The van der Waals surface area contributed by atoms with Crippen molar-refractivity contribution in [3.05, 3.63) is 5.01 Å². The highest BCUT2D eigenvalue weighted by Gasteiger charge is 2.19. The molecule has 0 saturated heterocycles. The first kappa shape index (κ1) is 17.0. The van der Waals surface area contributed by atoms with Crippen molar-refractivity contribution < 1.29 is 9.90 Å². The van der Waals surface area contributed by atoms with Gasteiger partial charge in [-0.05, 0) is 20.4 Å². The van der Waals surface area contributed by atoms with E-state index in [0.29, 0.717) is 24.1 Å². The van der Waals surface area contributed by atoms with E-state index >= 15 is 0 Å². The number of carbonyl (C=O) groups is 1. The Bertz CT molecular complexity index is 440. The van der Waals surface area contributed by atoms with E-state index in [0.717, 1.165) is 5.01 Å². The average Bonchev–Trinajstić information content (AvgIpc) is 2.74. The van der Waals surface area contributed by atoms with Crippen LogP contribution in [-0.2, 0) is 4.79 Å². The summed E-state index contributed by atoms with van der Waals surface area (Å²) in [6.45, 7) is 10.9. The second-order valence-electron chi connectivity index (χ2n) is 5.76. The third kappa shape index (κ3) is 5.94. The van der Waals surface area contributed by atoms with Crippen molar-refractivity contribution in [1.82, 2.24) is 15.1 Å². The summed E-state index contributed by atoms with van der Waals surface area (Å²) in [6, 6.07) is 0. The number of aliphatic hydroxyl groups is 1. The minimum Gasteiger partial charge on any atom is -0.389 e. The predicted molar refractivity (Wildman–Crippen MR) is 81.0 cm³/mol. The number of likely N-dealkylation sites (N-methyl/N-ethyl adjacent to an activating group) is 1. The quantitative estimate of drug-likeness (QED) is 0.801. The van der Waals surface area contributed by atoms with E-state index in [4.69, 9.17) is 0 Å². The molecule has 0 spiro atoms. The van der Waals surface area contributed by atoms with Gasteiger partial charge < -0.3 is 5.11 Å². The molecule has 0 unspecified atom stereocenters. The second-order valence-corrected chi connectivity index (χ2v) is 6.77. The van der Waals surface area contributed by atoms with Gasteiger partial charge in [-0.1, -0.05) is 32.1 Å². The molecule has 2 N–H and O–H groups in total. The summed E-state index contributed by atoms with van der Waals surface area (Å²) in [6.07, 6.45) is 0. The molecule has 0 aliphatic carbocycles. The van der Waals surface area contributed by atoms with Crippen LogP contribution in [0.3, 0.4) is 0 Å². The Balaban J connectivity index is 2.53. The maximum atomic E-state index is 12.0. The van der Waals surface area contributed by atoms with Gasteiger partial charge in [-0.25, -0.2) is 0 Å². The van der Waals surface area contributed by atoms with Crippen LogP contribution in [0.4, 0.5) is 5.13 Å². The number of carbonyl (C=O) groups excluding carboxylic acids is 1. The van der Waals surface area contributed by atoms with Crippen molar-refractivity contribution in [2.24, 2.45) is 0 Å². The molecular formula is C13H24N4O2S. The molecular weight excluding hydrogens is 276 g/mol. The highest BCUT2D eigenvalue weighted by molar-refractivity contribution is 7.15. The van der Waals surface area contributed by atoms with Gasteiger partial charge in [-0.3, -0.25) is 15.0 Å². The highest BCUT2D eigenvalue weighted by Crippen LogP contribution is 2.22. The van der Waals surface area contributed by atoms with E-state index in [1.807, 2.05) is 25.7 Å². The van der Waals surface area contributed by atoms with Crippen molar-refractivity contribution in [2.75, 3.05) is 25.0 Å². The molecule has 0 saturated carbocycles. The van der Waals surface area contributed by atoms with Crippen LogP contribution in [0.1, 0.15) is 45.5 Å². The largest absolute Gasteiger partial charge is 0.389 e. The smallest absolute Gasteiger partial charge is 0.240 e. The van der Waals surface area contributed by atoms with Crippen molar-refractivity contribution in [3.63, 3.8) is 0 Å². The van der Waals surface area contributed by atoms with Crippen LogP contribution in [-0.4, -0.2) is 51.3 Å². The van der Waals surface area contributed by atoms with Crippen LogP contribution in [0.2, 0.25) is 0 Å². The molecule has 0 atom stereocenters. The van der Waals surface area contributed by atoms with Gasteiger partial charge >= 0.3 is 0 Å². The summed E-state index contributed by atoms with van der Waals surface area (Å²) < 4.78 is 0. The van der Waals surface area contributed by atoms with Gasteiger partial charge in [0.25, 0.3) is 0 Å². The van der Waals surface area contributed by atoms with Crippen molar-refractivity contribution in [3.8, 4) is 0 Å². The van der Waals surface area contributed by atoms with Crippen LogP contribution >= 0.6 is 11.3 Å². The standard InChI is InChI=1S/C13H24N4O2S/c1-6-17(8-13(4,5)19)7-10(18)14-12-16-15-11(20-12)9(2)3/h9,19H,6-8H2,1-5H3,(H,14,16,18). The fourth-order valence-electron chi connectivity index (χ4n) is 1.71. The Hall–Kier alpha value is -1.05. The molecule has 0 bridgehead atoms. The van der Waals surface area contributed by atoms with Crippen molar-refractivity contribution in [1.29, 1.82) is 0 Å². The van der Waals surface area contributed by atoms with Gasteiger partial charge in [0, 0.05) is 12.5 Å². The zero-order valence-electron chi connectivity index (χ0n) is 12.8. The summed E-state index contributed by atoms with van der Waals surface area (Å²) in [5.74, 6) is 0.169. The average molecular weight is 300 g/mol. The van der Waals surface area contributed by atoms with Crippen molar-refractivity contribution >= 4 is 22.4 Å². The molecule has 0 radical (unpaired) electrons. The van der Waals surface area contributed by atoms with Gasteiger partial charge in [0.2, 0.25) is 11.0 Å². The van der Waals surface area contributed by atoms with Gasteiger partial charge in [-0.15, -0.1) is 10.2 Å². The monoisotopic (exact) mass is 300 g/mol. The van der Waals surface area contributed by atoms with Gasteiger partial charge in [0.15, 0.2) is 0 Å². The van der Waals surface area contributed by atoms with Crippen LogP contribution in [0.5, 0.6) is 0 Å². The third-order valence-corrected chi connectivity index (χ3v) is 3.75. The Kier molecular flexibility index (Phi) is 6.04. The normalized spacial score (nSPS) is 12.2. The fraction of sp³-hybridized carbons (Fsp3) is 0.769. The van der Waals surface area contributed by atoms with Crippen LogP contribution < -0.4 is 5.32 Å². The first-order chi connectivity index (χ1) is 9.21. The molecule has 114 valence electrons. The highest BCUT2D eigenvalue weighted by atomic mass is 32.1. The van der Waals surface area contributed by atoms with E-state index in [2.05, 4.69) is 15.5 Å².